The second kappa shape index (κ2) is 9.55. The first-order valence-electron chi connectivity index (χ1n) is 8.22. The number of rotatable bonds is 10. The van der Waals surface area contributed by atoms with Gasteiger partial charge >= 0.3 is 0 Å². The summed E-state index contributed by atoms with van der Waals surface area (Å²) in [4.78, 5) is 11.3. The normalized spacial score (nSPS) is 12.5. The van der Waals surface area contributed by atoms with Gasteiger partial charge in [0.25, 0.3) is 0 Å². The highest BCUT2D eigenvalue weighted by atomic mass is 15.2. The first-order chi connectivity index (χ1) is 10.2. The quantitative estimate of drug-likeness (QED) is 0.694. The lowest BCUT2D eigenvalue weighted by atomic mass is 10.1. The van der Waals surface area contributed by atoms with Gasteiger partial charge < -0.3 is 15.5 Å². The summed E-state index contributed by atoms with van der Waals surface area (Å²) >= 11 is 0. The van der Waals surface area contributed by atoms with Gasteiger partial charge in [0.15, 0.2) is 0 Å². The van der Waals surface area contributed by atoms with Crippen molar-refractivity contribution >= 4 is 11.6 Å². The van der Waals surface area contributed by atoms with Gasteiger partial charge in [0, 0.05) is 24.7 Å². The van der Waals surface area contributed by atoms with E-state index in [-0.39, 0.29) is 0 Å². The maximum atomic E-state index is 4.46. The van der Waals surface area contributed by atoms with Gasteiger partial charge in [-0.1, -0.05) is 27.2 Å². The lowest BCUT2D eigenvalue weighted by molar-refractivity contribution is 0.294. The van der Waals surface area contributed by atoms with E-state index in [4.69, 9.17) is 0 Å². The number of nitrogens with one attached hydrogen (secondary N) is 2. The molecule has 21 heavy (non-hydrogen) atoms. The first-order valence-corrected chi connectivity index (χ1v) is 8.22. The minimum atomic E-state index is 0.366. The summed E-state index contributed by atoms with van der Waals surface area (Å²) < 4.78 is 0. The summed E-state index contributed by atoms with van der Waals surface area (Å²) in [7, 11) is 0. The van der Waals surface area contributed by atoms with Crippen molar-refractivity contribution in [2.24, 2.45) is 0 Å². The predicted molar refractivity (Wildman–Crippen MR) is 91.1 cm³/mol. The molecule has 0 aromatic carbocycles. The fourth-order valence-electron chi connectivity index (χ4n) is 2.49. The second-order valence-corrected chi connectivity index (χ2v) is 5.36. The molecule has 2 N–H and O–H groups in total. The molecule has 0 saturated heterocycles. The Balaban J connectivity index is 2.83. The Bertz CT molecular complexity index is 404. The van der Waals surface area contributed by atoms with E-state index in [1.807, 2.05) is 0 Å². The molecular weight excluding hydrogens is 262 g/mol. The number of hydrogen-bond donors (Lipinski definition) is 2. The number of aromatic nitrogens is 2. The topological polar surface area (TPSA) is 53.1 Å². The smallest absolute Gasteiger partial charge is 0.134 e. The van der Waals surface area contributed by atoms with Crippen LogP contribution in [0.1, 0.15) is 46.6 Å². The molecule has 0 bridgehead atoms. The summed E-state index contributed by atoms with van der Waals surface area (Å²) in [6.45, 7) is 15.0. The Morgan fingerprint density at radius 3 is 2.33 bits per heavy atom. The molecule has 1 aromatic rings. The molecule has 5 heteroatoms. The average Bonchev–Trinajstić information content (AvgIpc) is 2.48. The van der Waals surface area contributed by atoms with Crippen LogP contribution in [-0.4, -0.2) is 47.1 Å². The molecule has 0 saturated carbocycles. The van der Waals surface area contributed by atoms with E-state index in [0.29, 0.717) is 6.04 Å². The van der Waals surface area contributed by atoms with E-state index in [0.717, 1.165) is 50.7 Å². The molecule has 0 fully saturated rings. The lowest BCUT2D eigenvalue weighted by Crippen LogP contribution is -2.35. The minimum Gasteiger partial charge on any atom is -0.370 e. The van der Waals surface area contributed by atoms with E-state index in [2.05, 4.69) is 60.1 Å². The van der Waals surface area contributed by atoms with E-state index < -0.39 is 0 Å². The maximum Gasteiger partial charge on any atom is 0.134 e. The Hall–Kier alpha value is -1.36. The molecule has 120 valence electrons. The predicted octanol–water partition coefficient (Wildman–Crippen LogP) is 3.00. The third-order valence-electron chi connectivity index (χ3n) is 3.60. The van der Waals surface area contributed by atoms with Crippen molar-refractivity contribution in [3.8, 4) is 0 Å². The van der Waals surface area contributed by atoms with Crippen molar-refractivity contribution < 1.29 is 0 Å². The first kappa shape index (κ1) is 17.7. The monoisotopic (exact) mass is 293 g/mol. The third-order valence-corrected chi connectivity index (χ3v) is 3.60. The largest absolute Gasteiger partial charge is 0.370 e. The summed E-state index contributed by atoms with van der Waals surface area (Å²) in [6.07, 6.45) is 3.72. The van der Waals surface area contributed by atoms with Gasteiger partial charge in [0.2, 0.25) is 0 Å². The fourth-order valence-corrected chi connectivity index (χ4v) is 2.49. The molecule has 1 heterocycles. The van der Waals surface area contributed by atoms with Crippen LogP contribution < -0.4 is 10.6 Å². The Kier molecular flexibility index (Phi) is 8.05. The maximum absolute atomic E-state index is 4.46. The zero-order valence-corrected chi connectivity index (χ0v) is 14.2. The van der Waals surface area contributed by atoms with Crippen LogP contribution >= 0.6 is 0 Å². The summed E-state index contributed by atoms with van der Waals surface area (Å²) in [6, 6.07) is 0.366. The van der Waals surface area contributed by atoms with Crippen molar-refractivity contribution in [1.82, 2.24) is 14.9 Å². The van der Waals surface area contributed by atoms with Crippen LogP contribution in [0.3, 0.4) is 0 Å². The standard InChI is InChI=1S/C16H31N5/c1-6-10-14-15(17-7-2)18-12-19-16(14)20-13(5)11-21(8-3)9-4/h12-13H,6-11H2,1-5H3,(H2,17,18,19,20). The van der Waals surface area contributed by atoms with E-state index in [1.54, 1.807) is 6.33 Å². The molecule has 5 nitrogen and oxygen atoms in total. The van der Waals surface area contributed by atoms with Gasteiger partial charge in [0.05, 0.1) is 0 Å². The second-order valence-electron chi connectivity index (χ2n) is 5.36. The molecule has 0 aliphatic carbocycles. The lowest BCUT2D eigenvalue weighted by Gasteiger charge is -2.25. The number of hydrogen-bond acceptors (Lipinski definition) is 5. The van der Waals surface area contributed by atoms with Gasteiger partial charge in [-0.05, 0) is 33.4 Å². The van der Waals surface area contributed by atoms with Crippen LogP contribution in [0.5, 0.6) is 0 Å². The Morgan fingerprint density at radius 2 is 1.76 bits per heavy atom. The molecule has 0 spiro atoms. The van der Waals surface area contributed by atoms with Crippen molar-refractivity contribution in [3.63, 3.8) is 0 Å². The number of nitrogens with zero attached hydrogens (tertiary/aromatic N) is 3. The zero-order chi connectivity index (χ0) is 15.7. The molecular formula is C16H31N5. The van der Waals surface area contributed by atoms with Crippen LogP contribution in [0.2, 0.25) is 0 Å². The van der Waals surface area contributed by atoms with Crippen molar-refractivity contribution in [1.29, 1.82) is 0 Å². The van der Waals surface area contributed by atoms with Gasteiger partial charge in [-0.25, -0.2) is 9.97 Å². The van der Waals surface area contributed by atoms with Crippen molar-refractivity contribution in [2.45, 2.75) is 53.5 Å². The summed E-state index contributed by atoms with van der Waals surface area (Å²) in [5, 5.41) is 6.90. The number of anilines is 2. The van der Waals surface area contributed by atoms with Gasteiger partial charge in [0.1, 0.15) is 18.0 Å². The zero-order valence-electron chi connectivity index (χ0n) is 14.2. The van der Waals surface area contributed by atoms with Gasteiger partial charge in [-0.3, -0.25) is 0 Å². The highest BCUT2D eigenvalue weighted by Gasteiger charge is 2.13. The van der Waals surface area contributed by atoms with Gasteiger partial charge in [-0.2, -0.15) is 0 Å². The highest BCUT2D eigenvalue weighted by Crippen LogP contribution is 2.22. The van der Waals surface area contributed by atoms with Crippen LogP contribution in [-0.2, 0) is 6.42 Å². The van der Waals surface area contributed by atoms with Gasteiger partial charge in [-0.15, -0.1) is 0 Å². The third kappa shape index (κ3) is 5.50. The molecule has 0 amide bonds. The van der Waals surface area contributed by atoms with E-state index in [1.165, 1.54) is 5.56 Å². The summed E-state index contributed by atoms with van der Waals surface area (Å²) in [5.74, 6) is 1.94. The minimum absolute atomic E-state index is 0.366. The molecule has 0 aliphatic heterocycles. The fraction of sp³-hybridized carbons (Fsp3) is 0.750. The molecule has 0 radical (unpaired) electrons. The van der Waals surface area contributed by atoms with Crippen molar-refractivity contribution in [3.05, 3.63) is 11.9 Å². The van der Waals surface area contributed by atoms with Crippen LogP contribution in [0.25, 0.3) is 0 Å². The van der Waals surface area contributed by atoms with E-state index >= 15 is 0 Å². The highest BCUT2D eigenvalue weighted by molar-refractivity contribution is 5.57. The Labute approximate surface area is 129 Å². The molecule has 0 aliphatic rings. The summed E-state index contributed by atoms with van der Waals surface area (Å²) in [5.41, 5.74) is 1.20. The van der Waals surface area contributed by atoms with E-state index in [9.17, 15) is 0 Å². The molecule has 1 rings (SSSR count). The Morgan fingerprint density at radius 1 is 1.10 bits per heavy atom. The average molecular weight is 293 g/mol. The SMILES string of the molecule is CCCc1c(NCC)ncnc1NC(C)CN(CC)CC. The molecule has 1 aromatic heterocycles. The van der Waals surface area contributed by atoms with Crippen molar-refractivity contribution in [2.75, 3.05) is 36.8 Å². The molecule has 1 atom stereocenters. The number of likely N-dealkylation sites (N-methyl/N-ethyl adjacent to an activating group) is 1. The molecule has 1 unspecified atom stereocenters. The van der Waals surface area contributed by atoms with Crippen LogP contribution in [0.4, 0.5) is 11.6 Å². The van der Waals surface area contributed by atoms with Crippen LogP contribution in [0.15, 0.2) is 6.33 Å². The van der Waals surface area contributed by atoms with Crippen LogP contribution in [0, 0.1) is 0 Å².